The molecule has 17 heteroatoms. The number of ether oxygens (including phenoxy) is 1. The second kappa shape index (κ2) is 12.0. The van der Waals surface area contributed by atoms with Crippen molar-refractivity contribution >= 4 is 39.3 Å². The van der Waals surface area contributed by atoms with E-state index in [0.29, 0.717) is 49.1 Å². The third-order valence-corrected chi connectivity index (χ3v) is 7.54. The number of hydrogen-bond donors (Lipinski definition) is 3. The van der Waals surface area contributed by atoms with Crippen LogP contribution in [0, 0.1) is 0 Å². The fourth-order valence-corrected chi connectivity index (χ4v) is 5.30. The lowest BCUT2D eigenvalue weighted by Crippen LogP contribution is -2.48. The van der Waals surface area contributed by atoms with Crippen LogP contribution in [0.2, 0.25) is 0 Å². The van der Waals surface area contributed by atoms with E-state index < -0.39 is 33.1 Å². The first-order chi connectivity index (χ1) is 20.4. The van der Waals surface area contributed by atoms with Crippen molar-refractivity contribution in [2.75, 3.05) is 41.1 Å². The van der Waals surface area contributed by atoms with Crippen molar-refractivity contribution in [1.29, 1.82) is 0 Å². The molecule has 1 aromatic carbocycles. The molecule has 0 unspecified atom stereocenters. The number of nitrogens with one attached hydrogen (secondary N) is 2. The highest BCUT2D eigenvalue weighted by Crippen LogP contribution is 2.30. The van der Waals surface area contributed by atoms with E-state index in [4.69, 9.17) is 0 Å². The Labute approximate surface area is 243 Å². The number of alkyl halides is 3. The number of rotatable bonds is 8. The van der Waals surface area contributed by atoms with Gasteiger partial charge in [-0.3, -0.25) is 9.71 Å². The zero-order valence-electron chi connectivity index (χ0n) is 22.1. The molecule has 3 aromatic heterocycles. The van der Waals surface area contributed by atoms with E-state index in [1.54, 1.807) is 18.3 Å². The van der Waals surface area contributed by atoms with Gasteiger partial charge in [-0.1, -0.05) is 6.07 Å². The van der Waals surface area contributed by atoms with E-state index in [1.807, 2.05) is 4.90 Å². The summed E-state index contributed by atoms with van der Waals surface area (Å²) in [7, 11) is -4.37. The number of benzene rings is 1. The van der Waals surface area contributed by atoms with E-state index in [0.717, 1.165) is 24.3 Å². The van der Waals surface area contributed by atoms with E-state index >= 15 is 0 Å². The number of halogens is 3. The number of carboxylic acid groups (broad SMARTS) is 1. The second-order valence-corrected chi connectivity index (χ2v) is 10.8. The predicted molar refractivity (Wildman–Crippen MR) is 149 cm³/mol. The molecule has 5 rings (SSSR count). The maximum Gasteiger partial charge on any atom is 0.573 e. The van der Waals surface area contributed by atoms with Gasteiger partial charge in [0.1, 0.15) is 23.2 Å². The largest absolute Gasteiger partial charge is 0.573 e. The summed E-state index contributed by atoms with van der Waals surface area (Å²) in [5.41, 5.74) is 0.940. The molecule has 43 heavy (non-hydrogen) atoms. The lowest BCUT2D eigenvalue weighted by Gasteiger charge is -2.33. The Hall–Kier alpha value is -5.19. The van der Waals surface area contributed by atoms with Crippen molar-refractivity contribution in [1.82, 2.24) is 24.8 Å². The fraction of sp³-hybridized carbons (Fsp3) is 0.192. The fourth-order valence-electron chi connectivity index (χ4n) is 4.23. The molecule has 4 heterocycles. The summed E-state index contributed by atoms with van der Waals surface area (Å²) in [6.07, 6.45) is -0.0810. The van der Waals surface area contributed by atoms with Crippen molar-refractivity contribution in [3.05, 3.63) is 73.3 Å². The Morgan fingerprint density at radius 3 is 2.44 bits per heavy atom. The third kappa shape index (κ3) is 7.56. The summed E-state index contributed by atoms with van der Waals surface area (Å²) in [5.74, 6) is 0.396. The molecule has 13 nitrogen and oxygen atoms in total. The molecule has 0 aliphatic carbocycles. The summed E-state index contributed by atoms with van der Waals surface area (Å²) in [6, 6.07) is 10.3. The summed E-state index contributed by atoms with van der Waals surface area (Å²) in [5, 5.41) is 12.2. The van der Waals surface area contributed by atoms with Gasteiger partial charge in [0.15, 0.2) is 0 Å². The highest BCUT2D eigenvalue weighted by Gasteiger charge is 2.31. The molecule has 1 amide bonds. The molecule has 0 spiro atoms. The van der Waals surface area contributed by atoms with Crippen LogP contribution < -0.4 is 19.7 Å². The van der Waals surface area contributed by atoms with Gasteiger partial charge in [0.2, 0.25) is 0 Å². The molecule has 0 saturated carbocycles. The average Bonchev–Trinajstić information content (AvgIpc) is 2.97. The Kier molecular flexibility index (Phi) is 8.16. The molecule has 0 atom stereocenters. The van der Waals surface area contributed by atoms with Crippen LogP contribution in [-0.2, 0) is 10.0 Å². The summed E-state index contributed by atoms with van der Waals surface area (Å²) in [4.78, 5) is 31.2. The first kappa shape index (κ1) is 29.3. The number of anilines is 4. The molecule has 224 valence electrons. The third-order valence-electron chi connectivity index (χ3n) is 6.16. The second-order valence-electron chi connectivity index (χ2n) is 9.13. The van der Waals surface area contributed by atoms with E-state index in [2.05, 4.69) is 34.7 Å². The maximum absolute atomic E-state index is 13.2. The highest BCUT2D eigenvalue weighted by molar-refractivity contribution is 7.92. The number of nitrogens with zero attached hydrogens (tertiary/aromatic N) is 6. The SMILES string of the molecule is O=C(O)N1CCN(c2cc(-c3cc(NS(=O)(=O)c4cccc(OC(F)(F)F)c4)cc(Nc4cnccn4)n3)ccn2)CC1. The van der Waals surface area contributed by atoms with E-state index in [1.165, 1.54) is 35.6 Å². The summed E-state index contributed by atoms with van der Waals surface area (Å²) >= 11 is 0. The molecule has 1 aliphatic rings. The van der Waals surface area contributed by atoms with Crippen LogP contribution in [0.25, 0.3) is 11.3 Å². The monoisotopic (exact) mass is 616 g/mol. The quantitative estimate of drug-likeness (QED) is 0.260. The van der Waals surface area contributed by atoms with Crippen molar-refractivity contribution in [2.24, 2.45) is 0 Å². The Balaban J connectivity index is 1.47. The number of amides is 1. The molecule has 1 saturated heterocycles. The van der Waals surface area contributed by atoms with Gasteiger partial charge in [-0.05, 0) is 30.3 Å². The zero-order valence-corrected chi connectivity index (χ0v) is 22.9. The molecule has 1 fully saturated rings. The minimum Gasteiger partial charge on any atom is -0.465 e. The Bertz CT molecular complexity index is 1720. The van der Waals surface area contributed by atoms with Gasteiger partial charge in [0.25, 0.3) is 10.0 Å². The number of carbonyl (C=O) groups is 1. The van der Waals surface area contributed by atoms with Crippen LogP contribution in [0.4, 0.5) is 41.1 Å². The van der Waals surface area contributed by atoms with E-state index in [9.17, 15) is 31.5 Å². The van der Waals surface area contributed by atoms with Gasteiger partial charge in [0, 0.05) is 62.5 Å². The smallest absolute Gasteiger partial charge is 0.465 e. The van der Waals surface area contributed by atoms with Gasteiger partial charge < -0.3 is 25.0 Å². The van der Waals surface area contributed by atoms with Crippen molar-refractivity contribution in [3.8, 4) is 17.0 Å². The number of hydrogen-bond acceptors (Lipinski definition) is 10. The van der Waals surface area contributed by atoms with Crippen LogP contribution in [0.15, 0.2) is 78.2 Å². The summed E-state index contributed by atoms with van der Waals surface area (Å²) in [6.45, 7) is 1.45. The lowest BCUT2D eigenvalue weighted by atomic mass is 10.1. The van der Waals surface area contributed by atoms with Gasteiger partial charge >= 0.3 is 12.5 Å². The molecular formula is C26H23F3N8O5S. The zero-order chi connectivity index (χ0) is 30.6. The van der Waals surface area contributed by atoms with Crippen molar-refractivity contribution in [3.63, 3.8) is 0 Å². The normalized spacial score (nSPS) is 13.8. The van der Waals surface area contributed by atoms with E-state index in [-0.39, 0.29) is 11.5 Å². The molecule has 0 bridgehead atoms. The van der Waals surface area contributed by atoms with Crippen molar-refractivity contribution in [2.45, 2.75) is 11.3 Å². The number of sulfonamides is 1. The van der Waals surface area contributed by atoms with Gasteiger partial charge in [-0.2, -0.15) is 0 Å². The van der Waals surface area contributed by atoms with Gasteiger partial charge in [0.05, 0.1) is 22.5 Å². The van der Waals surface area contributed by atoms with Crippen LogP contribution >= 0.6 is 0 Å². The van der Waals surface area contributed by atoms with Crippen LogP contribution in [0.1, 0.15) is 0 Å². The summed E-state index contributed by atoms with van der Waals surface area (Å²) < 4.78 is 70.7. The molecular weight excluding hydrogens is 593 g/mol. The highest BCUT2D eigenvalue weighted by atomic mass is 32.2. The van der Waals surface area contributed by atoms with Crippen LogP contribution in [-0.4, -0.2) is 77.0 Å². The minimum absolute atomic E-state index is 0.0481. The lowest BCUT2D eigenvalue weighted by molar-refractivity contribution is -0.274. The first-order valence-corrected chi connectivity index (χ1v) is 14.1. The van der Waals surface area contributed by atoms with Gasteiger partial charge in [-0.15, -0.1) is 13.2 Å². The standard InChI is InChI=1S/C26H23F3N8O5S/c27-26(28,29)42-19-2-1-3-20(15-19)43(40,41)35-18-13-21(33-22(14-18)34-23-16-30-6-7-31-23)17-4-5-32-24(12-17)36-8-10-37(11-9-36)25(38)39/h1-7,12-16H,8-11H2,(H,38,39)(H2,31,33,34,35). The Morgan fingerprint density at radius 2 is 1.74 bits per heavy atom. The minimum atomic E-state index is -5.00. The Morgan fingerprint density at radius 1 is 0.953 bits per heavy atom. The van der Waals surface area contributed by atoms with Crippen molar-refractivity contribution < 1.29 is 36.2 Å². The first-order valence-electron chi connectivity index (χ1n) is 12.6. The topological polar surface area (TPSA) is 163 Å². The number of aromatic nitrogens is 4. The average molecular weight is 617 g/mol. The van der Waals surface area contributed by atoms with Crippen LogP contribution in [0.3, 0.4) is 0 Å². The molecule has 0 radical (unpaired) electrons. The number of pyridine rings is 2. The number of piperazine rings is 1. The van der Waals surface area contributed by atoms with Crippen LogP contribution in [0.5, 0.6) is 5.75 Å². The predicted octanol–water partition coefficient (Wildman–Crippen LogP) is 4.18. The van der Waals surface area contributed by atoms with Gasteiger partial charge in [-0.25, -0.2) is 28.2 Å². The molecule has 3 N–H and O–H groups in total. The maximum atomic E-state index is 13.2. The molecule has 4 aromatic rings. The molecule has 1 aliphatic heterocycles.